The van der Waals surface area contributed by atoms with Crippen LogP contribution < -0.4 is 4.90 Å². The minimum atomic E-state index is -2.50. The normalized spacial score (nSPS) is 14.4. The highest BCUT2D eigenvalue weighted by molar-refractivity contribution is 6.07. The second kappa shape index (κ2) is 11.0. The molecule has 2 aromatic carbocycles. The molecule has 6 nitrogen and oxygen atoms in total. The Morgan fingerprint density at radius 2 is 1.76 bits per heavy atom. The highest BCUT2D eigenvalue weighted by atomic mass is 19.3. The van der Waals surface area contributed by atoms with Gasteiger partial charge in [-0.3, -0.25) is 0 Å². The highest BCUT2D eigenvalue weighted by Crippen LogP contribution is 2.48. The molecule has 0 N–H and O–H groups in total. The Hall–Kier alpha value is -2.97. The van der Waals surface area contributed by atoms with E-state index in [0.29, 0.717) is 13.1 Å². The summed E-state index contributed by atoms with van der Waals surface area (Å²) in [4.78, 5) is 15.5. The molecule has 0 saturated carbocycles. The lowest BCUT2D eigenvalue weighted by atomic mass is 9.87. The number of methoxy groups -OCH3 is 1. The van der Waals surface area contributed by atoms with Crippen LogP contribution in [-0.2, 0) is 25.5 Å². The molecular formula is C30H38F2N2O4. The molecule has 0 spiro atoms. The first-order valence-corrected chi connectivity index (χ1v) is 13.0. The van der Waals surface area contributed by atoms with E-state index in [4.69, 9.17) is 14.2 Å². The molecule has 2 heterocycles. The number of carbonyl (C=O) groups is 1. The molecule has 0 radical (unpaired) electrons. The van der Waals surface area contributed by atoms with Crippen LogP contribution >= 0.6 is 0 Å². The molecule has 0 fully saturated rings. The third-order valence-corrected chi connectivity index (χ3v) is 6.97. The number of aryl methyl sites for hydroxylation is 2. The van der Waals surface area contributed by atoms with E-state index in [1.807, 2.05) is 34.6 Å². The lowest BCUT2D eigenvalue weighted by molar-refractivity contribution is -0.164. The van der Waals surface area contributed by atoms with Crippen LogP contribution in [0.5, 0.6) is 0 Å². The number of alkyl halides is 2. The fourth-order valence-corrected chi connectivity index (χ4v) is 5.38. The van der Waals surface area contributed by atoms with Crippen LogP contribution in [-0.4, -0.2) is 56.0 Å². The summed E-state index contributed by atoms with van der Waals surface area (Å²) in [5.74, 6) is -0.471. The van der Waals surface area contributed by atoms with Gasteiger partial charge in [0.25, 0.3) is 6.43 Å². The Morgan fingerprint density at radius 1 is 1.08 bits per heavy atom. The predicted molar refractivity (Wildman–Crippen MR) is 146 cm³/mol. The molecule has 0 bridgehead atoms. The number of anilines is 1. The topological polar surface area (TPSA) is 52.9 Å². The van der Waals surface area contributed by atoms with Gasteiger partial charge in [0.05, 0.1) is 30.5 Å². The van der Waals surface area contributed by atoms with Gasteiger partial charge >= 0.3 is 5.97 Å². The van der Waals surface area contributed by atoms with Crippen LogP contribution in [0.1, 0.15) is 49.3 Å². The Bertz CT molecular complexity index is 1310. The SMILES string of the molecule is COC(=O)[C@@H](OC(C)(C)C)c1c(C)c2c3c(cc(C)n3CCN2CCOCC(F)F)c1-c1ccc(C)cc1. The number of hydrogen-bond acceptors (Lipinski definition) is 5. The van der Waals surface area contributed by atoms with Crippen molar-refractivity contribution >= 4 is 22.6 Å². The average molecular weight is 529 g/mol. The first-order chi connectivity index (χ1) is 17.9. The van der Waals surface area contributed by atoms with E-state index < -0.39 is 30.7 Å². The second-order valence-electron chi connectivity index (χ2n) is 10.9. The first-order valence-electron chi connectivity index (χ1n) is 13.0. The van der Waals surface area contributed by atoms with E-state index in [-0.39, 0.29) is 6.61 Å². The van der Waals surface area contributed by atoms with Crippen molar-refractivity contribution in [2.75, 3.05) is 38.3 Å². The number of rotatable bonds is 9. The molecule has 0 unspecified atom stereocenters. The van der Waals surface area contributed by atoms with Gasteiger partial charge in [-0.25, -0.2) is 13.6 Å². The highest BCUT2D eigenvalue weighted by Gasteiger charge is 2.36. The smallest absolute Gasteiger partial charge is 0.339 e. The molecular weight excluding hydrogens is 490 g/mol. The van der Waals surface area contributed by atoms with Crippen LogP contribution in [0.4, 0.5) is 14.5 Å². The standard InChI is InChI=1S/C30H38F2N2O4/c1-18-8-10-21(11-9-18)25-22-16-19(2)34-13-12-33(14-15-37-17-23(31)32)26(27(22)34)20(3)24(25)28(29(35)36-7)38-30(4,5)6/h8-11,16,23,28H,12-15,17H2,1-7H3/t28-/m0/s1. The summed E-state index contributed by atoms with van der Waals surface area (Å²) in [6.45, 7) is 13.4. The van der Waals surface area contributed by atoms with Crippen molar-refractivity contribution in [3.63, 3.8) is 0 Å². The second-order valence-corrected chi connectivity index (χ2v) is 10.9. The number of aromatic nitrogens is 1. The van der Waals surface area contributed by atoms with E-state index in [2.05, 4.69) is 46.7 Å². The molecule has 38 heavy (non-hydrogen) atoms. The minimum absolute atomic E-state index is 0.179. The van der Waals surface area contributed by atoms with E-state index in [9.17, 15) is 13.6 Å². The lowest BCUT2D eigenvalue weighted by Gasteiger charge is -2.36. The molecule has 206 valence electrons. The summed E-state index contributed by atoms with van der Waals surface area (Å²) in [6, 6.07) is 10.4. The van der Waals surface area contributed by atoms with Crippen LogP contribution in [0, 0.1) is 20.8 Å². The van der Waals surface area contributed by atoms with Crippen molar-refractivity contribution in [3.05, 3.63) is 52.7 Å². The molecule has 0 aliphatic carbocycles. The van der Waals surface area contributed by atoms with E-state index >= 15 is 0 Å². The van der Waals surface area contributed by atoms with Gasteiger partial charge in [0, 0.05) is 36.3 Å². The predicted octanol–water partition coefficient (Wildman–Crippen LogP) is 6.36. The molecule has 1 aliphatic heterocycles. The van der Waals surface area contributed by atoms with Crippen molar-refractivity contribution in [1.29, 1.82) is 0 Å². The van der Waals surface area contributed by atoms with Gasteiger partial charge in [-0.15, -0.1) is 0 Å². The summed E-state index contributed by atoms with van der Waals surface area (Å²) < 4.78 is 44.5. The van der Waals surface area contributed by atoms with Crippen molar-refractivity contribution in [2.45, 2.75) is 66.2 Å². The summed E-state index contributed by atoms with van der Waals surface area (Å²) in [7, 11) is 1.37. The molecule has 8 heteroatoms. The maximum absolute atomic E-state index is 13.3. The van der Waals surface area contributed by atoms with Crippen molar-refractivity contribution in [3.8, 4) is 11.1 Å². The molecule has 0 saturated heterocycles. The number of carbonyl (C=O) groups excluding carboxylic acids is 1. The number of benzene rings is 2. The van der Waals surface area contributed by atoms with Crippen LogP contribution in [0.2, 0.25) is 0 Å². The largest absolute Gasteiger partial charge is 0.467 e. The van der Waals surface area contributed by atoms with E-state index in [1.165, 1.54) is 7.11 Å². The van der Waals surface area contributed by atoms with Gasteiger partial charge in [-0.2, -0.15) is 0 Å². The maximum atomic E-state index is 13.3. The third kappa shape index (κ3) is 5.57. The minimum Gasteiger partial charge on any atom is -0.467 e. The fraction of sp³-hybridized carbons (Fsp3) is 0.500. The zero-order chi connectivity index (χ0) is 27.8. The van der Waals surface area contributed by atoms with Crippen LogP contribution in [0.15, 0.2) is 30.3 Å². The molecule has 1 aromatic heterocycles. The number of nitrogens with zero attached hydrogens (tertiary/aromatic N) is 2. The van der Waals surface area contributed by atoms with Crippen molar-refractivity contribution in [2.24, 2.45) is 0 Å². The Kier molecular flexibility index (Phi) is 8.14. The number of esters is 1. The number of hydrogen-bond donors (Lipinski definition) is 0. The monoisotopic (exact) mass is 528 g/mol. The molecule has 1 aliphatic rings. The first kappa shape index (κ1) is 28.0. The average Bonchev–Trinajstić information content (AvgIpc) is 3.18. The van der Waals surface area contributed by atoms with Crippen molar-refractivity contribution < 1.29 is 27.8 Å². The molecule has 4 rings (SSSR count). The Balaban J connectivity index is 2.00. The Morgan fingerprint density at radius 3 is 2.37 bits per heavy atom. The fourth-order valence-electron chi connectivity index (χ4n) is 5.38. The maximum Gasteiger partial charge on any atom is 0.339 e. The van der Waals surface area contributed by atoms with Gasteiger partial charge in [0.1, 0.15) is 6.61 Å². The quantitative estimate of drug-likeness (QED) is 0.239. The van der Waals surface area contributed by atoms with Gasteiger partial charge in [0.15, 0.2) is 6.10 Å². The van der Waals surface area contributed by atoms with Gasteiger partial charge in [-0.05, 0) is 64.3 Å². The number of ether oxygens (including phenoxy) is 3. The van der Waals surface area contributed by atoms with Gasteiger partial charge in [-0.1, -0.05) is 29.8 Å². The molecule has 0 amide bonds. The van der Waals surface area contributed by atoms with Crippen molar-refractivity contribution in [1.82, 2.24) is 4.57 Å². The zero-order valence-corrected chi connectivity index (χ0v) is 23.4. The molecule has 3 aromatic rings. The Labute approximate surface area is 223 Å². The van der Waals surface area contributed by atoms with Gasteiger partial charge < -0.3 is 23.7 Å². The summed E-state index contributed by atoms with van der Waals surface area (Å²) in [5, 5.41) is 1.02. The van der Waals surface area contributed by atoms with E-state index in [1.54, 1.807) is 0 Å². The summed E-state index contributed by atoms with van der Waals surface area (Å²) in [5.41, 5.74) is 7.27. The summed E-state index contributed by atoms with van der Waals surface area (Å²) >= 11 is 0. The van der Waals surface area contributed by atoms with Crippen LogP contribution in [0.25, 0.3) is 22.0 Å². The van der Waals surface area contributed by atoms with Gasteiger partial charge in [0.2, 0.25) is 0 Å². The van der Waals surface area contributed by atoms with Crippen LogP contribution in [0.3, 0.4) is 0 Å². The summed E-state index contributed by atoms with van der Waals surface area (Å²) in [6.07, 6.45) is -3.46. The lowest BCUT2D eigenvalue weighted by Crippen LogP contribution is -2.36. The zero-order valence-electron chi connectivity index (χ0n) is 23.4. The third-order valence-electron chi connectivity index (χ3n) is 6.97. The number of halogens is 2. The van der Waals surface area contributed by atoms with E-state index in [0.717, 1.165) is 56.6 Å². The molecule has 1 atom stereocenters.